The van der Waals surface area contributed by atoms with Gasteiger partial charge < -0.3 is 4.90 Å². The van der Waals surface area contributed by atoms with Gasteiger partial charge in [-0.15, -0.1) is 0 Å². The number of aryl methyl sites for hydroxylation is 1. The van der Waals surface area contributed by atoms with Gasteiger partial charge in [0.1, 0.15) is 21.7 Å². The van der Waals surface area contributed by atoms with Crippen molar-refractivity contribution in [2.45, 2.75) is 24.8 Å². The summed E-state index contributed by atoms with van der Waals surface area (Å²) in [7, 11) is -2.42. The fraction of sp³-hybridized carbons (Fsp3) is 0.174. The average molecular weight is 485 g/mol. The number of hydrogen-bond donors (Lipinski definition) is 1. The maximum absolute atomic E-state index is 13.3. The maximum Gasteiger partial charge on any atom is 0.264 e. The number of hydrogen-bond acceptors (Lipinski definition) is 6. The number of nitrogens with one attached hydrogen (secondary N) is 1. The fourth-order valence-corrected chi connectivity index (χ4v) is 5.30. The predicted octanol–water partition coefficient (Wildman–Crippen LogP) is 4.77. The third kappa shape index (κ3) is 4.57. The summed E-state index contributed by atoms with van der Waals surface area (Å²) in [5, 5.41) is 0. The van der Waals surface area contributed by atoms with Crippen LogP contribution in [0.5, 0.6) is 0 Å². The lowest BCUT2D eigenvalue weighted by Gasteiger charge is -2.26. The summed E-state index contributed by atoms with van der Waals surface area (Å²) in [6.45, 7) is 3.63. The summed E-state index contributed by atoms with van der Waals surface area (Å²) < 4.78 is 50.5. The molecule has 1 atom stereocenters. The Kier molecular flexibility index (Phi) is 6.13. The van der Waals surface area contributed by atoms with E-state index in [-0.39, 0.29) is 39.4 Å². The quantitative estimate of drug-likeness (QED) is 0.426. The van der Waals surface area contributed by atoms with Crippen molar-refractivity contribution in [1.82, 2.24) is 13.6 Å². The molecule has 1 unspecified atom stereocenters. The molecule has 4 rings (SSSR count). The Bertz CT molecular complexity index is 1440. The van der Waals surface area contributed by atoms with E-state index in [1.54, 1.807) is 49.5 Å². The topological polar surface area (TPSA) is 92.3 Å². The highest BCUT2D eigenvalue weighted by molar-refractivity contribution is 7.93. The highest BCUT2D eigenvalue weighted by Crippen LogP contribution is 2.28. The van der Waals surface area contributed by atoms with Crippen molar-refractivity contribution in [3.8, 4) is 0 Å². The van der Waals surface area contributed by atoms with Crippen LogP contribution < -0.4 is 4.72 Å². The van der Waals surface area contributed by atoms with Gasteiger partial charge in [0.15, 0.2) is 0 Å². The number of fused-ring (bicyclic) bond motifs is 1. The van der Waals surface area contributed by atoms with Crippen molar-refractivity contribution in [2.75, 3.05) is 11.8 Å². The van der Waals surface area contributed by atoms with Gasteiger partial charge >= 0.3 is 0 Å². The van der Waals surface area contributed by atoms with E-state index < -0.39 is 10.0 Å². The van der Waals surface area contributed by atoms with Crippen molar-refractivity contribution in [2.24, 2.45) is 0 Å². The lowest BCUT2D eigenvalue weighted by Crippen LogP contribution is -2.30. The molecule has 3 aromatic carbocycles. The molecule has 0 saturated heterocycles. The van der Waals surface area contributed by atoms with Gasteiger partial charge in [0, 0.05) is 7.05 Å². The Morgan fingerprint density at radius 2 is 1.82 bits per heavy atom. The third-order valence-corrected chi connectivity index (χ3v) is 7.38. The van der Waals surface area contributed by atoms with Gasteiger partial charge in [0.05, 0.1) is 29.0 Å². The highest BCUT2D eigenvalue weighted by Gasteiger charge is 2.25. The van der Waals surface area contributed by atoms with E-state index in [4.69, 9.17) is 0 Å². The van der Waals surface area contributed by atoms with E-state index >= 15 is 0 Å². The molecule has 1 N–H and O–H groups in total. The van der Waals surface area contributed by atoms with Crippen molar-refractivity contribution in [3.63, 3.8) is 0 Å². The van der Waals surface area contributed by atoms with Crippen LogP contribution in [0.25, 0.3) is 11.0 Å². The summed E-state index contributed by atoms with van der Waals surface area (Å²) in [6, 6.07) is 15.2. The highest BCUT2D eigenvalue weighted by atomic mass is 32.2. The Morgan fingerprint density at radius 1 is 1.09 bits per heavy atom. The minimum absolute atomic E-state index is 0.0123. The molecule has 0 aliphatic rings. The minimum atomic E-state index is -4.04. The van der Waals surface area contributed by atoms with E-state index in [0.29, 0.717) is 5.52 Å². The van der Waals surface area contributed by atoms with Crippen molar-refractivity contribution < 1.29 is 17.6 Å². The Hall–Kier alpha value is -3.37. The lowest BCUT2D eigenvalue weighted by atomic mass is 10.0. The largest absolute Gasteiger partial charge is 0.335 e. The molecule has 0 bridgehead atoms. The molecule has 33 heavy (non-hydrogen) atoms. The summed E-state index contributed by atoms with van der Waals surface area (Å²) in [5.41, 5.74) is 2.66. The summed E-state index contributed by atoms with van der Waals surface area (Å²) in [6.07, 6.45) is 0. The number of nitrogens with zero attached hydrogens (tertiary/aromatic N) is 3. The number of sulfonamides is 1. The molecule has 7 nitrogen and oxygen atoms in total. The van der Waals surface area contributed by atoms with Gasteiger partial charge in [-0.25, -0.2) is 12.8 Å². The number of amides is 1. The van der Waals surface area contributed by atoms with Crippen LogP contribution in [0.15, 0.2) is 65.6 Å². The number of halogens is 1. The van der Waals surface area contributed by atoms with E-state index in [0.717, 1.165) is 22.9 Å². The average Bonchev–Trinajstić information content (AvgIpc) is 3.27. The van der Waals surface area contributed by atoms with Crippen molar-refractivity contribution >= 4 is 44.4 Å². The van der Waals surface area contributed by atoms with Gasteiger partial charge in [-0.1, -0.05) is 24.3 Å². The van der Waals surface area contributed by atoms with Gasteiger partial charge in [-0.05, 0) is 61.4 Å². The van der Waals surface area contributed by atoms with E-state index in [1.165, 1.54) is 23.1 Å². The molecule has 0 radical (unpaired) electrons. The van der Waals surface area contributed by atoms with Gasteiger partial charge in [0.2, 0.25) is 0 Å². The van der Waals surface area contributed by atoms with Crippen LogP contribution in [-0.2, 0) is 10.0 Å². The van der Waals surface area contributed by atoms with Crippen LogP contribution in [0.2, 0.25) is 0 Å². The van der Waals surface area contributed by atoms with E-state index in [1.807, 2.05) is 13.8 Å². The summed E-state index contributed by atoms with van der Waals surface area (Å²) >= 11 is 0.929. The first-order valence-corrected chi connectivity index (χ1v) is 12.3. The fourth-order valence-electron chi connectivity index (χ4n) is 3.46. The molecule has 0 fully saturated rings. The number of carbonyl (C=O) groups excluding carboxylic acids is 1. The summed E-state index contributed by atoms with van der Waals surface area (Å²) in [5.74, 6) is -0.737. The second-order valence-corrected chi connectivity index (χ2v) is 9.87. The van der Waals surface area contributed by atoms with Crippen LogP contribution in [0, 0.1) is 12.7 Å². The van der Waals surface area contributed by atoms with Crippen molar-refractivity contribution in [1.29, 1.82) is 0 Å². The zero-order chi connectivity index (χ0) is 23.8. The van der Waals surface area contributed by atoms with Crippen molar-refractivity contribution in [3.05, 3.63) is 83.2 Å². The lowest BCUT2D eigenvalue weighted by molar-refractivity contribution is 0.0743. The Balaban J connectivity index is 1.68. The zero-order valence-corrected chi connectivity index (χ0v) is 19.7. The first-order valence-electron chi connectivity index (χ1n) is 10.0. The first kappa shape index (κ1) is 22.8. The second-order valence-electron chi connectivity index (χ2n) is 7.69. The van der Waals surface area contributed by atoms with Crippen LogP contribution in [-0.4, -0.2) is 35.0 Å². The third-order valence-electron chi connectivity index (χ3n) is 5.44. The molecular formula is C23H21FN4O3S2. The zero-order valence-electron chi connectivity index (χ0n) is 18.1. The number of carbonyl (C=O) groups is 1. The summed E-state index contributed by atoms with van der Waals surface area (Å²) in [4.78, 5) is 14.8. The molecule has 0 aliphatic carbocycles. The van der Waals surface area contributed by atoms with E-state index in [2.05, 4.69) is 13.5 Å². The van der Waals surface area contributed by atoms with Gasteiger partial charge in [-0.3, -0.25) is 9.52 Å². The number of aromatic nitrogens is 2. The molecule has 10 heteroatoms. The molecule has 0 saturated carbocycles. The maximum atomic E-state index is 13.3. The van der Waals surface area contributed by atoms with E-state index in [9.17, 15) is 17.6 Å². The minimum Gasteiger partial charge on any atom is -0.335 e. The molecule has 170 valence electrons. The Morgan fingerprint density at radius 3 is 2.55 bits per heavy atom. The van der Waals surface area contributed by atoms with Crippen LogP contribution in [0.4, 0.5) is 10.1 Å². The molecule has 4 aromatic rings. The van der Waals surface area contributed by atoms with Gasteiger partial charge in [-0.2, -0.15) is 8.75 Å². The smallest absolute Gasteiger partial charge is 0.264 e. The van der Waals surface area contributed by atoms with Crippen LogP contribution >= 0.6 is 11.7 Å². The number of rotatable bonds is 6. The molecular weight excluding hydrogens is 463 g/mol. The standard InChI is InChI=1S/C23H21FN4O3S2/c1-14-7-12-18(23(29)28(3)15(2)16-8-10-17(24)11-9-16)20(13-14)27-33(30,31)21-6-4-5-19-22(21)26-32-25-19/h4-13,15,27H,1-3H3. The SMILES string of the molecule is Cc1ccc(C(=O)N(C)C(C)c2ccc(F)cc2)c(NS(=O)(=O)c2cccc3nsnc23)c1. The Labute approximate surface area is 195 Å². The monoisotopic (exact) mass is 484 g/mol. The molecule has 0 aliphatic heterocycles. The normalized spacial score (nSPS) is 12.5. The van der Waals surface area contributed by atoms with Gasteiger partial charge in [0.25, 0.3) is 15.9 Å². The molecule has 1 heterocycles. The number of anilines is 1. The molecule has 1 aromatic heterocycles. The number of benzene rings is 3. The van der Waals surface area contributed by atoms with Crippen LogP contribution in [0.1, 0.15) is 34.5 Å². The second kappa shape index (κ2) is 8.87. The predicted molar refractivity (Wildman–Crippen MR) is 126 cm³/mol. The van der Waals surface area contributed by atoms with Crippen LogP contribution in [0.3, 0.4) is 0 Å². The molecule has 0 spiro atoms. The first-order chi connectivity index (χ1) is 15.7. The molecule has 1 amide bonds.